The van der Waals surface area contributed by atoms with E-state index in [0.29, 0.717) is 12.5 Å². The van der Waals surface area contributed by atoms with Crippen LogP contribution in [0.2, 0.25) is 0 Å². The summed E-state index contributed by atoms with van der Waals surface area (Å²) in [6.07, 6.45) is 0.554. The van der Waals surface area contributed by atoms with Gasteiger partial charge in [0.2, 0.25) is 5.91 Å². The highest BCUT2D eigenvalue weighted by Gasteiger charge is 2.16. The molecule has 0 saturated carbocycles. The van der Waals surface area contributed by atoms with E-state index in [0.717, 1.165) is 27.3 Å². The minimum atomic E-state index is 0.0918. The second-order valence-corrected chi connectivity index (χ2v) is 6.27. The SMILES string of the molecule is O=C(CC1CSCCN1)Nc1ccccc1I. The summed E-state index contributed by atoms with van der Waals surface area (Å²) >= 11 is 4.14. The Balaban J connectivity index is 1.86. The van der Waals surface area contributed by atoms with Gasteiger partial charge in [-0.25, -0.2) is 0 Å². The van der Waals surface area contributed by atoms with Crippen molar-refractivity contribution in [3.8, 4) is 0 Å². The number of rotatable bonds is 3. The van der Waals surface area contributed by atoms with Gasteiger partial charge in [0.15, 0.2) is 0 Å². The molecule has 1 aromatic carbocycles. The Morgan fingerprint density at radius 1 is 1.53 bits per heavy atom. The van der Waals surface area contributed by atoms with Crippen LogP contribution in [0.25, 0.3) is 0 Å². The van der Waals surface area contributed by atoms with Crippen molar-refractivity contribution in [3.63, 3.8) is 0 Å². The van der Waals surface area contributed by atoms with Crippen molar-refractivity contribution in [2.45, 2.75) is 12.5 Å². The predicted octanol–water partition coefficient (Wildman–Crippen LogP) is 2.32. The summed E-state index contributed by atoms with van der Waals surface area (Å²) in [6.45, 7) is 1.01. The Kier molecular flexibility index (Phi) is 5.12. The van der Waals surface area contributed by atoms with Crippen molar-refractivity contribution in [2.75, 3.05) is 23.4 Å². The third kappa shape index (κ3) is 4.15. The largest absolute Gasteiger partial charge is 0.325 e. The van der Waals surface area contributed by atoms with E-state index in [1.54, 1.807) is 0 Å². The van der Waals surface area contributed by atoms with Crippen LogP contribution < -0.4 is 10.6 Å². The molecule has 1 amide bonds. The van der Waals surface area contributed by atoms with Gasteiger partial charge in [-0.2, -0.15) is 11.8 Å². The smallest absolute Gasteiger partial charge is 0.225 e. The van der Waals surface area contributed by atoms with Crippen LogP contribution in [-0.4, -0.2) is 30.0 Å². The fraction of sp³-hybridized carbons (Fsp3) is 0.417. The Morgan fingerprint density at radius 2 is 2.35 bits per heavy atom. The van der Waals surface area contributed by atoms with Gasteiger partial charge in [-0.05, 0) is 34.7 Å². The average molecular weight is 362 g/mol. The number of carbonyl (C=O) groups is 1. The third-order valence-electron chi connectivity index (χ3n) is 2.58. The molecule has 0 aliphatic carbocycles. The zero-order valence-electron chi connectivity index (χ0n) is 9.41. The molecule has 1 aromatic rings. The van der Waals surface area contributed by atoms with E-state index in [9.17, 15) is 4.79 Å². The van der Waals surface area contributed by atoms with E-state index in [2.05, 4.69) is 33.2 Å². The van der Waals surface area contributed by atoms with Crippen LogP contribution in [0.4, 0.5) is 5.69 Å². The Bertz CT molecular complexity index is 394. The number of nitrogens with one attached hydrogen (secondary N) is 2. The lowest BCUT2D eigenvalue weighted by Crippen LogP contribution is -2.39. The number of anilines is 1. The van der Waals surface area contributed by atoms with Crippen LogP contribution >= 0.6 is 34.4 Å². The fourth-order valence-corrected chi connectivity index (χ4v) is 3.21. The molecule has 92 valence electrons. The van der Waals surface area contributed by atoms with Crippen molar-refractivity contribution < 1.29 is 4.79 Å². The molecule has 2 rings (SSSR count). The fourth-order valence-electron chi connectivity index (χ4n) is 1.74. The van der Waals surface area contributed by atoms with E-state index < -0.39 is 0 Å². The Labute approximate surface area is 119 Å². The third-order valence-corrected chi connectivity index (χ3v) is 4.65. The van der Waals surface area contributed by atoms with E-state index >= 15 is 0 Å². The molecule has 1 fully saturated rings. The van der Waals surface area contributed by atoms with Crippen LogP contribution in [0.3, 0.4) is 0 Å². The van der Waals surface area contributed by atoms with Crippen LogP contribution in [0.1, 0.15) is 6.42 Å². The number of carbonyl (C=O) groups excluding carboxylic acids is 1. The van der Waals surface area contributed by atoms with Gasteiger partial charge in [0, 0.05) is 34.1 Å². The lowest BCUT2D eigenvalue weighted by molar-refractivity contribution is -0.116. The highest BCUT2D eigenvalue weighted by atomic mass is 127. The maximum absolute atomic E-state index is 11.9. The lowest BCUT2D eigenvalue weighted by atomic mass is 10.2. The van der Waals surface area contributed by atoms with E-state index in [1.807, 2.05) is 36.0 Å². The Hall–Kier alpha value is -0.270. The standard InChI is InChI=1S/C12H15IN2OS/c13-10-3-1-2-4-11(10)15-12(16)7-9-8-17-6-5-14-9/h1-4,9,14H,5-8H2,(H,15,16). The molecular formula is C12H15IN2OS. The summed E-state index contributed by atoms with van der Waals surface area (Å²) in [6, 6.07) is 8.15. The van der Waals surface area contributed by atoms with Gasteiger partial charge in [-0.1, -0.05) is 12.1 Å². The molecular weight excluding hydrogens is 347 g/mol. The zero-order valence-corrected chi connectivity index (χ0v) is 12.4. The summed E-state index contributed by atoms with van der Waals surface area (Å²) in [4.78, 5) is 11.9. The number of hydrogen-bond acceptors (Lipinski definition) is 3. The summed E-state index contributed by atoms with van der Waals surface area (Å²) in [5.41, 5.74) is 0.904. The first-order valence-electron chi connectivity index (χ1n) is 5.61. The monoisotopic (exact) mass is 362 g/mol. The second-order valence-electron chi connectivity index (χ2n) is 3.96. The zero-order chi connectivity index (χ0) is 12.1. The first-order valence-corrected chi connectivity index (χ1v) is 7.84. The molecule has 1 aliphatic rings. The molecule has 2 N–H and O–H groups in total. The van der Waals surface area contributed by atoms with Crippen LogP contribution in [0.5, 0.6) is 0 Å². The van der Waals surface area contributed by atoms with Gasteiger partial charge in [0.05, 0.1) is 5.69 Å². The van der Waals surface area contributed by atoms with Crippen LogP contribution in [-0.2, 0) is 4.79 Å². The molecule has 1 atom stereocenters. The predicted molar refractivity (Wildman–Crippen MR) is 81.5 cm³/mol. The molecule has 0 bridgehead atoms. The molecule has 1 unspecified atom stereocenters. The van der Waals surface area contributed by atoms with Gasteiger partial charge in [0.1, 0.15) is 0 Å². The van der Waals surface area contributed by atoms with Crippen molar-refractivity contribution in [1.29, 1.82) is 0 Å². The molecule has 5 heteroatoms. The highest BCUT2D eigenvalue weighted by Crippen LogP contribution is 2.18. The normalized spacial score (nSPS) is 19.9. The van der Waals surface area contributed by atoms with Gasteiger partial charge >= 0.3 is 0 Å². The average Bonchev–Trinajstić information content (AvgIpc) is 2.33. The maximum atomic E-state index is 11.9. The molecule has 1 saturated heterocycles. The van der Waals surface area contributed by atoms with E-state index in [1.165, 1.54) is 0 Å². The van der Waals surface area contributed by atoms with Gasteiger partial charge in [0.25, 0.3) is 0 Å². The summed E-state index contributed by atoms with van der Waals surface area (Å²) < 4.78 is 1.07. The molecule has 1 aliphatic heterocycles. The number of thioether (sulfide) groups is 1. The van der Waals surface area contributed by atoms with Crippen molar-refractivity contribution in [3.05, 3.63) is 27.8 Å². The van der Waals surface area contributed by atoms with Crippen molar-refractivity contribution in [2.24, 2.45) is 0 Å². The number of halogens is 1. The topological polar surface area (TPSA) is 41.1 Å². The minimum absolute atomic E-state index is 0.0918. The Morgan fingerprint density at radius 3 is 3.06 bits per heavy atom. The first-order chi connectivity index (χ1) is 8.25. The summed E-state index contributed by atoms with van der Waals surface area (Å²) in [5, 5.41) is 6.33. The second kappa shape index (κ2) is 6.61. The summed E-state index contributed by atoms with van der Waals surface area (Å²) in [7, 11) is 0. The summed E-state index contributed by atoms with van der Waals surface area (Å²) in [5.74, 6) is 2.27. The van der Waals surface area contributed by atoms with E-state index in [-0.39, 0.29) is 5.91 Å². The molecule has 0 spiro atoms. The maximum Gasteiger partial charge on any atom is 0.225 e. The van der Waals surface area contributed by atoms with Crippen LogP contribution in [0.15, 0.2) is 24.3 Å². The van der Waals surface area contributed by atoms with Crippen LogP contribution in [0, 0.1) is 3.57 Å². The molecule has 1 heterocycles. The molecule has 0 radical (unpaired) electrons. The number of para-hydroxylation sites is 1. The van der Waals surface area contributed by atoms with Crippen molar-refractivity contribution >= 4 is 45.9 Å². The van der Waals surface area contributed by atoms with E-state index in [4.69, 9.17) is 0 Å². The van der Waals surface area contributed by atoms with Crippen molar-refractivity contribution in [1.82, 2.24) is 5.32 Å². The molecule has 3 nitrogen and oxygen atoms in total. The van der Waals surface area contributed by atoms with Gasteiger partial charge < -0.3 is 10.6 Å². The lowest BCUT2D eigenvalue weighted by Gasteiger charge is -2.22. The first kappa shape index (κ1) is 13.2. The molecule has 0 aromatic heterocycles. The van der Waals surface area contributed by atoms with Gasteiger partial charge in [-0.15, -0.1) is 0 Å². The number of benzene rings is 1. The quantitative estimate of drug-likeness (QED) is 0.811. The number of amides is 1. The molecule has 17 heavy (non-hydrogen) atoms. The highest BCUT2D eigenvalue weighted by molar-refractivity contribution is 14.1. The van der Waals surface area contributed by atoms with Gasteiger partial charge in [-0.3, -0.25) is 4.79 Å². The number of hydrogen-bond donors (Lipinski definition) is 2. The minimum Gasteiger partial charge on any atom is -0.325 e.